The van der Waals surface area contributed by atoms with Crippen LogP contribution in [0.3, 0.4) is 0 Å². The Labute approximate surface area is 53.1 Å². The van der Waals surface area contributed by atoms with Gasteiger partial charge in [0.2, 0.25) is 5.44 Å². The van der Waals surface area contributed by atoms with Crippen LogP contribution in [0.25, 0.3) is 0 Å². The largest absolute Gasteiger partial charge is 0.614 e. The van der Waals surface area contributed by atoms with E-state index < -0.39 is 16.6 Å². The van der Waals surface area contributed by atoms with Gasteiger partial charge in [0.25, 0.3) is 0 Å². The third-order valence-electron chi connectivity index (χ3n) is 0.937. The van der Waals surface area contributed by atoms with Gasteiger partial charge in [-0.1, -0.05) is 6.92 Å². The first-order valence-electron chi connectivity index (χ1n) is 2.77. The molecule has 3 heteroatoms. The van der Waals surface area contributed by atoms with E-state index in [4.69, 9.17) is 5.11 Å². The van der Waals surface area contributed by atoms with Crippen LogP contribution in [0, 0.1) is 0 Å². The van der Waals surface area contributed by atoms with Gasteiger partial charge >= 0.3 is 0 Å². The van der Waals surface area contributed by atoms with Crippen LogP contribution in [-0.4, -0.2) is 20.8 Å². The smallest absolute Gasteiger partial charge is 0.212 e. The Morgan fingerprint density at radius 3 is 2.25 bits per heavy atom. The van der Waals surface area contributed by atoms with Crippen molar-refractivity contribution in [3.05, 3.63) is 0 Å². The third-order valence-corrected chi connectivity index (χ3v) is 2.45. The molecule has 8 heavy (non-hydrogen) atoms. The van der Waals surface area contributed by atoms with Gasteiger partial charge in [-0.3, -0.25) is 0 Å². The number of rotatable bonds is 3. The van der Waals surface area contributed by atoms with E-state index in [2.05, 4.69) is 0 Å². The maximum atomic E-state index is 10.6. The number of hydrogen-bond acceptors (Lipinski definition) is 2. The zero-order valence-corrected chi connectivity index (χ0v) is 6.07. The third kappa shape index (κ3) is 2.55. The average Bonchev–Trinajstić information content (AvgIpc) is 1.84. The Hall–Kier alpha value is 0.270. The first-order valence-corrected chi connectivity index (χ1v) is 4.15. The summed E-state index contributed by atoms with van der Waals surface area (Å²) in [6.07, 6.45) is 0.584. The van der Waals surface area contributed by atoms with E-state index in [0.717, 1.165) is 0 Å². The van der Waals surface area contributed by atoms with Crippen LogP contribution >= 0.6 is 0 Å². The van der Waals surface area contributed by atoms with E-state index in [1.807, 2.05) is 6.92 Å². The standard InChI is InChI=1S/C5H12O2S/c1-3-5(6)8(7)4-2/h5-6H,3-4H2,1-2H3. The fourth-order valence-electron chi connectivity index (χ4n) is 0.378. The zero-order chi connectivity index (χ0) is 6.57. The minimum absolute atomic E-state index is 0.551. The van der Waals surface area contributed by atoms with Crippen molar-refractivity contribution in [2.75, 3.05) is 5.75 Å². The Bertz CT molecular complexity index is 50.4. The number of aliphatic hydroxyl groups is 1. The molecule has 2 unspecified atom stereocenters. The Morgan fingerprint density at radius 1 is 1.62 bits per heavy atom. The average molecular weight is 136 g/mol. The quantitative estimate of drug-likeness (QED) is 0.573. The zero-order valence-electron chi connectivity index (χ0n) is 5.26. The molecule has 1 N–H and O–H groups in total. The van der Waals surface area contributed by atoms with Crippen molar-refractivity contribution in [2.45, 2.75) is 25.7 Å². The molecule has 50 valence electrons. The van der Waals surface area contributed by atoms with Crippen molar-refractivity contribution in [1.82, 2.24) is 0 Å². The van der Waals surface area contributed by atoms with Crippen LogP contribution in [0.4, 0.5) is 0 Å². The van der Waals surface area contributed by atoms with Crippen molar-refractivity contribution in [1.29, 1.82) is 0 Å². The maximum Gasteiger partial charge on any atom is 0.212 e. The molecule has 0 aliphatic rings. The molecule has 0 radical (unpaired) electrons. The second kappa shape index (κ2) is 4.18. The summed E-state index contributed by atoms with van der Waals surface area (Å²) in [6.45, 7) is 3.62. The van der Waals surface area contributed by atoms with Gasteiger partial charge < -0.3 is 9.66 Å². The minimum Gasteiger partial charge on any atom is -0.614 e. The molecule has 0 bridgehead atoms. The van der Waals surface area contributed by atoms with Gasteiger partial charge in [0.05, 0.1) is 0 Å². The highest BCUT2D eigenvalue weighted by Crippen LogP contribution is 2.01. The molecule has 2 atom stereocenters. The molecule has 0 rings (SSSR count). The van der Waals surface area contributed by atoms with E-state index in [0.29, 0.717) is 12.2 Å². The van der Waals surface area contributed by atoms with E-state index in [-0.39, 0.29) is 0 Å². The van der Waals surface area contributed by atoms with Gasteiger partial charge in [-0.05, 0) is 18.1 Å². The van der Waals surface area contributed by atoms with E-state index in [9.17, 15) is 4.55 Å². The molecule has 0 aromatic carbocycles. The van der Waals surface area contributed by atoms with Crippen molar-refractivity contribution < 1.29 is 9.66 Å². The molecule has 0 aromatic heterocycles. The second-order valence-corrected chi connectivity index (χ2v) is 3.42. The minimum atomic E-state index is -1.02. The van der Waals surface area contributed by atoms with Crippen LogP contribution in [0.2, 0.25) is 0 Å². The number of hydrogen-bond donors (Lipinski definition) is 1. The highest BCUT2D eigenvalue weighted by molar-refractivity contribution is 7.91. The lowest BCUT2D eigenvalue weighted by molar-refractivity contribution is 0.245. The van der Waals surface area contributed by atoms with Crippen LogP contribution in [0.5, 0.6) is 0 Å². The summed E-state index contributed by atoms with van der Waals surface area (Å²) >= 11 is -1.02. The molecular weight excluding hydrogens is 124 g/mol. The fraction of sp³-hybridized carbons (Fsp3) is 1.00. The maximum absolute atomic E-state index is 10.6. The summed E-state index contributed by atoms with van der Waals surface area (Å²) < 4.78 is 10.6. The van der Waals surface area contributed by atoms with Crippen molar-refractivity contribution in [3.63, 3.8) is 0 Å². The molecule has 0 spiro atoms. The molecule has 0 aliphatic carbocycles. The predicted octanol–water partition coefficient (Wildman–Crippen LogP) is 0.483. The molecule has 0 fully saturated rings. The first-order chi connectivity index (χ1) is 3.72. The molecule has 0 saturated heterocycles. The topological polar surface area (TPSA) is 43.3 Å². The molecular formula is C5H12O2S. The van der Waals surface area contributed by atoms with Gasteiger partial charge in [-0.15, -0.1) is 0 Å². The lowest BCUT2D eigenvalue weighted by Crippen LogP contribution is -2.21. The summed E-state index contributed by atoms with van der Waals surface area (Å²) in [5.41, 5.74) is -0.611. The highest BCUT2D eigenvalue weighted by Gasteiger charge is 2.12. The van der Waals surface area contributed by atoms with E-state index in [1.165, 1.54) is 0 Å². The summed E-state index contributed by atoms with van der Waals surface area (Å²) in [6, 6.07) is 0. The van der Waals surface area contributed by atoms with Crippen LogP contribution < -0.4 is 0 Å². The second-order valence-electron chi connectivity index (χ2n) is 1.53. The normalized spacial score (nSPS) is 18.0. The molecule has 2 nitrogen and oxygen atoms in total. The van der Waals surface area contributed by atoms with Crippen molar-refractivity contribution >= 4 is 11.2 Å². The highest BCUT2D eigenvalue weighted by atomic mass is 32.2. The van der Waals surface area contributed by atoms with Gasteiger partial charge in [-0.25, -0.2) is 0 Å². The predicted molar refractivity (Wildman–Crippen MR) is 35.0 cm³/mol. The summed E-state index contributed by atoms with van der Waals surface area (Å²) in [5.74, 6) is 0.551. The molecule has 0 aliphatic heterocycles. The van der Waals surface area contributed by atoms with Crippen molar-refractivity contribution in [3.8, 4) is 0 Å². The van der Waals surface area contributed by atoms with E-state index in [1.54, 1.807) is 6.92 Å². The lowest BCUT2D eigenvalue weighted by atomic mass is 10.5. The lowest BCUT2D eigenvalue weighted by Gasteiger charge is -2.12. The first kappa shape index (κ1) is 8.27. The van der Waals surface area contributed by atoms with Crippen LogP contribution in [0.1, 0.15) is 20.3 Å². The fourth-order valence-corrected chi connectivity index (χ4v) is 1.13. The Balaban J connectivity index is 3.29. The summed E-state index contributed by atoms with van der Waals surface area (Å²) in [5, 5.41) is 8.83. The van der Waals surface area contributed by atoms with Crippen LogP contribution in [0.15, 0.2) is 0 Å². The van der Waals surface area contributed by atoms with Crippen LogP contribution in [-0.2, 0) is 11.2 Å². The Kier molecular flexibility index (Phi) is 4.32. The SMILES string of the molecule is CCC(O)[S+]([O-])CC. The van der Waals surface area contributed by atoms with Gasteiger partial charge in [0, 0.05) is 6.42 Å². The van der Waals surface area contributed by atoms with Crippen molar-refractivity contribution in [2.24, 2.45) is 0 Å². The number of aliphatic hydroxyl groups excluding tert-OH is 1. The monoisotopic (exact) mass is 136 g/mol. The molecule has 0 heterocycles. The molecule has 0 aromatic rings. The summed E-state index contributed by atoms with van der Waals surface area (Å²) in [7, 11) is 0. The molecule has 0 amide bonds. The van der Waals surface area contributed by atoms with Gasteiger partial charge in [0.1, 0.15) is 5.75 Å². The molecule has 0 saturated carbocycles. The van der Waals surface area contributed by atoms with Gasteiger partial charge in [-0.2, -0.15) is 0 Å². The Morgan fingerprint density at radius 2 is 2.12 bits per heavy atom. The van der Waals surface area contributed by atoms with E-state index >= 15 is 0 Å². The van der Waals surface area contributed by atoms with Gasteiger partial charge in [0.15, 0.2) is 0 Å². The summed E-state index contributed by atoms with van der Waals surface area (Å²) in [4.78, 5) is 0.